The van der Waals surface area contributed by atoms with Crippen molar-refractivity contribution in [2.24, 2.45) is 0 Å². The van der Waals surface area contributed by atoms with Gasteiger partial charge in [0.1, 0.15) is 0 Å². The van der Waals surface area contributed by atoms with E-state index in [1.165, 1.54) is 10.9 Å². The van der Waals surface area contributed by atoms with E-state index in [0.717, 1.165) is 17.5 Å². The summed E-state index contributed by atoms with van der Waals surface area (Å²) in [6, 6.07) is 15.3. The van der Waals surface area contributed by atoms with Gasteiger partial charge in [0, 0.05) is 41.7 Å². The minimum Gasteiger partial charge on any atom is -0.421 e. The second kappa shape index (κ2) is 6.84. The molecular formula is C20H18N4O2. The van der Waals surface area contributed by atoms with Crippen LogP contribution in [0.2, 0.25) is 0 Å². The van der Waals surface area contributed by atoms with Crippen molar-refractivity contribution in [3.8, 4) is 11.5 Å². The molecule has 4 aromatic rings. The van der Waals surface area contributed by atoms with Crippen molar-refractivity contribution in [1.82, 2.24) is 20.5 Å². The summed E-state index contributed by atoms with van der Waals surface area (Å²) in [5.41, 5.74) is 3.70. The Morgan fingerprint density at radius 3 is 2.69 bits per heavy atom. The van der Waals surface area contributed by atoms with E-state index in [-0.39, 0.29) is 5.91 Å². The first-order valence-corrected chi connectivity index (χ1v) is 8.44. The van der Waals surface area contributed by atoms with Crippen LogP contribution < -0.4 is 5.32 Å². The minimum absolute atomic E-state index is 0.0990. The van der Waals surface area contributed by atoms with Crippen molar-refractivity contribution in [1.29, 1.82) is 0 Å². The second-order valence-corrected chi connectivity index (χ2v) is 6.07. The van der Waals surface area contributed by atoms with Gasteiger partial charge in [-0.25, -0.2) is 0 Å². The highest BCUT2D eigenvalue weighted by Gasteiger charge is 2.09. The number of hydrogen-bond acceptors (Lipinski definition) is 4. The summed E-state index contributed by atoms with van der Waals surface area (Å²) in [5.74, 6) is 0.867. The van der Waals surface area contributed by atoms with Gasteiger partial charge in [0.2, 0.25) is 11.8 Å². The third-order valence-electron chi connectivity index (χ3n) is 4.27. The molecule has 0 saturated carbocycles. The number of rotatable bonds is 5. The third kappa shape index (κ3) is 3.21. The lowest BCUT2D eigenvalue weighted by Gasteiger charge is -2.05. The average molecular weight is 346 g/mol. The van der Waals surface area contributed by atoms with Crippen LogP contribution in [0.4, 0.5) is 0 Å². The summed E-state index contributed by atoms with van der Waals surface area (Å²) < 4.78 is 5.39. The molecular weight excluding hydrogens is 328 g/mol. The van der Waals surface area contributed by atoms with E-state index in [4.69, 9.17) is 4.42 Å². The van der Waals surface area contributed by atoms with Crippen LogP contribution in [-0.4, -0.2) is 27.6 Å². The number of aryl methyl sites for hydroxylation is 1. The zero-order valence-electron chi connectivity index (χ0n) is 14.3. The Balaban J connectivity index is 1.37. The molecule has 6 nitrogen and oxygen atoms in total. The molecule has 2 aromatic carbocycles. The summed E-state index contributed by atoms with van der Waals surface area (Å²) in [7, 11) is 0. The Hall–Kier alpha value is -3.41. The molecule has 6 heteroatoms. The van der Waals surface area contributed by atoms with E-state index in [1.807, 2.05) is 36.5 Å². The van der Waals surface area contributed by atoms with Crippen LogP contribution >= 0.6 is 0 Å². The number of carbonyl (C=O) groups excluding carboxylic acids is 1. The number of carbonyl (C=O) groups is 1. The lowest BCUT2D eigenvalue weighted by Crippen LogP contribution is -2.25. The molecule has 2 N–H and O–H groups in total. The molecule has 0 spiro atoms. The van der Waals surface area contributed by atoms with Gasteiger partial charge >= 0.3 is 0 Å². The number of fused-ring (bicyclic) bond motifs is 1. The fourth-order valence-corrected chi connectivity index (χ4v) is 2.93. The lowest BCUT2D eigenvalue weighted by molar-refractivity contribution is 0.0954. The topological polar surface area (TPSA) is 83.8 Å². The summed E-state index contributed by atoms with van der Waals surface area (Å²) in [4.78, 5) is 15.6. The maximum absolute atomic E-state index is 12.3. The first-order chi connectivity index (χ1) is 12.7. The Bertz CT molecular complexity index is 1050. The van der Waals surface area contributed by atoms with E-state index in [1.54, 1.807) is 19.1 Å². The minimum atomic E-state index is -0.0990. The van der Waals surface area contributed by atoms with Gasteiger partial charge in [-0.3, -0.25) is 4.79 Å². The van der Waals surface area contributed by atoms with Gasteiger partial charge in [-0.05, 0) is 42.3 Å². The molecule has 4 rings (SSSR count). The van der Waals surface area contributed by atoms with Crippen LogP contribution in [-0.2, 0) is 6.42 Å². The number of nitrogens with one attached hydrogen (secondary N) is 2. The zero-order valence-corrected chi connectivity index (χ0v) is 14.3. The first-order valence-electron chi connectivity index (χ1n) is 8.44. The van der Waals surface area contributed by atoms with Crippen LogP contribution in [0.3, 0.4) is 0 Å². The largest absolute Gasteiger partial charge is 0.421 e. The van der Waals surface area contributed by atoms with E-state index < -0.39 is 0 Å². The van der Waals surface area contributed by atoms with E-state index >= 15 is 0 Å². The van der Waals surface area contributed by atoms with Crippen LogP contribution in [0.25, 0.3) is 22.4 Å². The fourth-order valence-electron chi connectivity index (χ4n) is 2.93. The third-order valence-corrected chi connectivity index (χ3v) is 4.27. The van der Waals surface area contributed by atoms with Gasteiger partial charge in [-0.15, -0.1) is 10.2 Å². The number of hydrogen-bond donors (Lipinski definition) is 2. The Labute approximate surface area is 150 Å². The molecule has 2 aromatic heterocycles. The molecule has 0 aliphatic carbocycles. The summed E-state index contributed by atoms with van der Waals surface area (Å²) in [6.07, 6.45) is 2.77. The fraction of sp³-hybridized carbons (Fsp3) is 0.150. The molecule has 26 heavy (non-hydrogen) atoms. The number of benzene rings is 2. The molecule has 1 amide bonds. The number of para-hydroxylation sites is 1. The maximum Gasteiger partial charge on any atom is 0.251 e. The standard InChI is InChI=1S/C20H18N4O2/c1-13-23-24-20(26-13)15-8-6-14(7-9-15)19(25)21-11-10-16-12-22-18-5-3-2-4-17(16)18/h2-9,12,22H,10-11H2,1H3,(H,21,25). The number of aromatic nitrogens is 3. The maximum atomic E-state index is 12.3. The van der Waals surface area contributed by atoms with Gasteiger partial charge in [0.15, 0.2) is 0 Å². The van der Waals surface area contributed by atoms with Crippen LogP contribution in [0.1, 0.15) is 21.8 Å². The van der Waals surface area contributed by atoms with Crippen LogP contribution in [0.15, 0.2) is 59.1 Å². The first kappa shape index (κ1) is 16.1. The van der Waals surface area contributed by atoms with E-state index in [0.29, 0.717) is 23.9 Å². The highest BCUT2D eigenvalue weighted by molar-refractivity contribution is 5.94. The highest BCUT2D eigenvalue weighted by Crippen LogP contribution is 2.19. The van der Waals surface area contributed by atoms with Crippen LogP contribution in [0, 0.1) is 6.92 Å². The van der Waals surface area contributed by atoms with Crippen molar-refractivity contribution in [3.05, 3.63) is 71.7 Å². The van der Waals surface area contributed by atoms with Gasteiger partial charge in [-0.1, -0.05) is 18.2 Å². The zero-order chi connectivity index (χ0) is 17.9. The molecule has 0 aliphatic rings. The second-order valence-electron chi connectivity index (χ2n) is 6.07. The smallest absolute Gasteiger partial charge is 0.251 e. The van der Waals surface area contributed by atoms with Gasteiger partial charge in [0.25, 0.3) is 5.91 Å². The molecule has 130 valence electrons. The summed E-state index contributed by atoms with van der Waals surface area (Å²) in [5, 5.41) is 11.9. The Kier molecular flexibility index (Phi) is 4.23. The Morgan fingerprint density at radius 1 is 1.12 bits per heavy atom. The van der Waals surface area contributed by atoms with Gasteiger partial charge in [-0.2, -0.15) is 0 Å². The molecule has 0 fully saturated rings. The Morgan fingerprint density at radius 2 is 1.92 bits per heavy atom. The molecule has 2 heterocycles. The summed E-state index contributed by atoms with van der Waals surface area (Å²) >= 11 is 0. The SMILES string of the molecule is Cc1nnc(-c2ccc(C(=O)NCCc3c[nH]c4ccccc34)cc2)o1. The van der Waals surface area contributed by atoms with E-state index in [9.17, 15) is 4.79 Å². The molecule has 0 atom stereocenters. The molecule has 0 radical (unpaired) electrons. The van der Waals surface area contributed by atoms with E-state index in [2.05, 4.69) is 26.6 Å². The highest BCUT2D eigenvalue weighted by atomic mass is 16.4. The monoisotopic (exact) mass is 346 g/mol. The number of nitrogens with zero attached hydrogens (tertiary/aromatic N) is 2. The number of aromatic amines is 1. The van der Waals surface area contributed by atoms with Crippen molar-refractivity contribution < 1.29 is 9.21 Å². The predicted octanol–water partition coefficient (Wildman–Crippen LogP) is 3.50. The quantitative estimate of drug-likeness (QED) is 0.579. The van der Waals surface area contributed by atoms with Crippen molar-refractivity contribution in [3.63, 3.8) is 0 Å². The van der Waals surface area contributed by atoms with Crippen molar-refractivity contribution >= 4 is 16.8 Å². The predicted molar refractivity (Wildman–Crippen MR) is 98.8 cm³/mol. The molecule has 0 aliphatic heterocycles. The van der Waals surface area contributed by atoms with Gasteiger partial charge < -0.3 is 14.7 Å². The molecule has 0 bridgehead atoms. The van der Waals surface area contributed by atoms with Crippen molar-refractivity contribution in [2.75, 3.05) is 6.54 Å². The number of amides is 1. The van der Waals surface area contributed by atoms with Crippen molar-refractivity contribution in [2.45, 2.75) is 13.3 Å². The van der Waals surface area contributed by atoms with Crippen LogP contribution in [0.5, 0.6) is 0 Å². The average Bonchev–Trinajstić information content (AvgIpc) is 3.28. The van der Waals surface area contributed by atoms with Gasteiger partial charge in [0.05, 0.1) is 0 Å². The number of H-pyrrole nitrogens is 1. The molecule has 0 unspecified atom stereocenters. The normalized spacial score (nSPS) is 11.0. The lowest BCUT2D eigenvalue weighted by atomic mass is 10.1. The molecule has 0 saturated heterocycles. The summed E-state index contributed by atoms with van der Waals surface area (Å²) in [6.45, 7) is 2.32.